The van der Waals surface area contributed by atoms with Gasteiger partial charge in [-0.15, -0.1) is 0 Å². The highest BCUT2D eigenvalue weighted by Gasteiger charge is 2.35. The maximum Gasteiger partial charge on any atom is 0.264 e. The molecular formula is C37H42ClN3O5S. The van der Waals surface area contributed by atoms with Crippen molar-refractivity contribution in [3.63, 3.8) is 0 Å². The molecule has 0 bridgehead atoms. The molecule has 0 heterocycles. The summed E-state index contributed by atoms with van der Waals surface area (Å²) in [5.74, 6) is -0.147. The second kappa shape index (κ2) is 16.5. The van der Waals surface area contributed by atoms with Gasteiger partial charge < -0.3 is 15.0 Å². The third-order valence-corrected chi connectivity index (χ3v) is 9.73. The van der Waals surface area contributed by atoms with E-state index in [0.717, 1.165) is 15.4 Å². The first-order valence-electron chi connectivity index (χ1n) is 15.7. The van der Waals surface area contributed by atoms with Crippen molar-refractivity contribution in [1.82, 2.24) is 10.2 Å². The Morgan fingerprint density at radius 3 is 2.13 bits per heavy atom. The van der Waals surface area contributed by atoms with Crippen LogP contribution in [-0.4, -0.2) is 50.9 Å². The minimum Gasteiger partial charge on any atom is -0.494 e. The lowest BCUT2D eigenvalue weighted by Crippen LogP contribution is -2.53. The molecule has 4 aromatic carbocycles. The molecule has 4 rings (SSSR count). The molecule has 47 heavy (non-hydrogen) atoms. The van der Waals surface area contributed by atoms with Crippen molar-refractivity contribution in [2.45, 2.75) is 51.6 Å². The minimum atomic E-state index is -4.21. The molecule has 0 fully saturated rings. The van der Waals surface area contributed by atoms with Crippen molar-refractivity contribution in [2.75, 3.05) is 24.0 Å². The number of ether oxygens (including phenoxy) is 1. The van der Waals surface area contributed by atoms with E-state index >= 15 is 0 Å². The van der Waals surface area contributed by atoms with Gasteiger partial charge in [0.2, 0.25) is 11.8 Å². The molecule has 0 radical (unpaired) electrons. The predicted molar refractivity (Wildman–Crippen MR) is 187 cm³/mol. The van der Waals surface area contributed by atoms with E-state index < -0.39 is 28.5 Å². The van der Waals surface area contributed by atoms with Gasteiger partial charge >= 0.3 is 0 Å². The monoisotopic (exact) mass is 675 g/mol. The standard InChI is InChI=1S/C37H42ClN3O5S/c1-5-46-32-19-17-31(18-20-32)41(47(44,45)33-21-15-28(4)16-22-33)26-36(42)40(25-30-13-9-10-14-34(30)38)35(37(43)39-24-27(2)3)23-29-11-7-6-8-12-29/h6-22,27,35H,5,23-26H2,1-4H3,(H,39,43)/t35-/m0/s1. The number of amides is 2. The number of carbonyl (C=O) groups excluding carboxylic acids is 2. The van der Waals surface area contributed by atoms with E-state index in [2.05, 4.69) is 5.32 Å². The van der Waals surface area contributed by atoms with Gasteiger partial charge in [0, 0.05) is 24.5 Å². The van der Waals surface area contributed by atoms with Crippen molar-refractivity contribution in [2.24, 2.45) is 5.92 Å². The van der Waals surface area contributed by atoms with E-state index in [1.165, 1.54) is 17.0 Å². The Hall–Kier alpha value is -4.34. The van der Waals surface area contributed by atoms with E-state index in [9.17, 15) is 18.0 Å². The van der Waals surface area contributed by atoms with Crippen LogP contribution < -0.4 is 14.4 Å². The summed E-state index contributed by atoms with van der Waals surface area (Å²) in [5, 5.41) is 3.42. The van der Waals surface area contributed by atoms with E-state index in [1.54, 1.807) is 54.6 Å². The number of carbonyl (C=O) groups is 2. The first kappa shape index (κ1) is 35.5. The second-order valence-electron chi connectivity index (χ2n) is 11.7. The Kier molecular flexibility index (Phi) is 12.4. The van der Waals surface area contributed by atoms with Crippen LogP contribution >= 0.6 is 11.6 Å². The van der Waals surface area contributed by atoms with Gasteiger partial charge in [-0.3, -0.25) is 13.9 Å². The number of hydrogen-bond donors (Lipinski definition) is 1. The summed E-state index contributed by atoms with van der Waals surface area (Å²) in [7, 11) is -4.21. The van der Waals surface area contributed by atoms with Crippen molar-refractivity contribution in [1.29, 1.82) is 0 Å². The normalized spacial score (nSPS) is 12.0. The summed E-state index contributed by atoms with van der Waals surface area (Å²) in [6.07, 6.45) is 0.217. The summed E-state index contributed by atoms with van der Waals surface area (Å²) in [5.41, 5.74) is 2.66. The molecule has 0 saturated heterocycles. The average molecular weight is 676 g/mol. The van der Waals surface area contributed by atoms with Crippen LogP contribution in [0.3, 0.4) is 0 Å². The van der Waals surface area contributed by atoms with E-state index in [-0.39, 0.29) is 35.4 Å². The van der Waals surface area contributed by atoms with Crippen molar-refractivity contribution in [3.05, 3.63) is 125 Å². The summed E-state index contributed by atoms with van der Waals surface area (Å²) >= 11 is 6.57. The topological polar surface area (TPSA) is 96.0 Å². The van der Waals surface area contributed by atoms with E-state index in [4.69, 9.17) is 16.3 Å². The number of sulfonamides is 1. The van der Waals surface area contributed by atoms with Gasteiger partial charge in [-0.25, -0.2) is 8.42 Å². The van der Waals surface area contributed by atoms with Crippen LogP contribution in [0.4, 0.5) is 5.69 Å². The van der Waals surface area contributed by atoms with E-state index in [0.29, 0.717) is 29.5 Å². The zero-order valence-corrected chi connectivity index (χ0v) is 28.8. The SMILES string of the molecule is CCOc1ccc(N(CC(=O)N(Cc2ccccc2Cl)[C@@H](Cc2ccccc2)C(=O)NCC(C)C)S(=O)(=O)c2ccc(C)cc2)cc1. The van der Waals surface area contributed by atoms with Crippen molar-refractivity contribution < 1.29 is 22.7 Å². The Balaban J connectivity index is 1.80. The molecular weight excluding hydrogens is 634 g/mol. The van der Waals surface area contributed by atoms with Crippen LogP contribution in [0.25, 0.3) is 0 Å². The summed E-state index contributed by atoms with van der Waals surface area (Å²) in [4.78, 5) is 30.0. The molecule has 0 aromatic heterocycles. The second-order valence-corrected chi connectivity index (χ2v) is 14.0. The molecule has 0 spiro atoms. The molecule has 2 amide bonds. The summed E-state index contributed by atoms with van der Waals surface area (Å²) < 4.78 is 35.1. The van der Waals surface area contributed by atoms with Gasteiger partial charge in [-0.05, 0) is 73.4 Å². The highest BCUT2D eigenvalue weighted by Crippen LogP contribution is 2.28. The molecule has 0 unspecified atom stereocenters. The molecule has 1 atom stereocenters. The molecule has 248 valence electrons. The van der Waals surface area contributed by atoms with Crippen molar-refractivity contribution in [3.8, 4) is 5.75 Å². The number of rotatable bonds is 15. The van der Waals surface area contributed by atoms with Gasteiger partial charge in [0.15, 0.2) is 0 Å². The number of anilines is 1. The largest absolute Gasteiger partial charge is 0.494 e. The van der Waals surface area contributed by atoms with Gasteiger partial charge in [0.05, 0.1) is 17.2 Å². The number of benzene rings is 4. The highest BCUT2D eigenvalue weighted by molar-refractivity contribution is 7.92. The van der Waals surface area contributed by atoms with Crippen LogP contribution in [0.1, 0.15) is 37.5 Å². The molecule has 0 aliphatic carbocycles. The minimum absolute atomic E-state index is 0.00714. The van der Waals surface area contributed by atoms with Crippen molar-refractivity contribution >= 4 is 39.1 Å². The Morgan fingerprint density at radius 1 is 0.872 bits per heavy atom. The first-order chi connectivity index (χ1) is 22.5. The molecule has 8 nitrogen and oxygen atoms in total. The molecule has 4 aromatic rings. The number of hydrogen-bond acceptors (Lipinski definition) is 5. The van der Waals surface area contributed by atoms with Crippen LogP contribution in [0.15, 0.2) is 108 Å². The van der Waals surface area contributed by atoms with Gasteiger partial charge in [0.25, 0.3) is 10.0 Å². The fraction of sp³-hybridized carbons (Fsp3) is 0.297. The molecule has 0 saturated carbocycles. The Morgan fingerprint density at radius 2 is 1.51 bits per heavy atom. The first-order valence-corrected chi connectivity index (χ1v) is 17.5. The highest BCUT2D eigenvalue weighted by atomic mass is 35.5. The summed E-state index contributed by atoms with van der Waals surface area (Å²) in [6.45, 7) is 8.00. The van der Waals surface area contributed by atoms with Crippen LogP contribution in [0.2, 0.25) is 5.02 Å². The van der Waals surface area contributed by atoms with E-state index in [1.807, 2.05) is 64.1 Å². The number of nitrogens with one attached hydrogen (secondary N) is 1. The zero-order chi connectivity index (χ0) is 34.0. The smallest absolute Gasteiger partial charge is 0.264 e. The Bertz CT molecular complexity index is 1730. The lowest BCUT2D eigenvalue weighted by Gasteiger charge is -2.34. The quantitative estimate of drug-likeness (QED) is 0.152. The third-order valence-electron chi connectivity index (χ3n) is 7.58. The number of nitrogens with zero attached hydrogens (tertiary/aromatic N) is 2. The summed E-state index contributed by atoms with van der Waals surface area (Å²) in [6, 6.07) is 28.6. The van der Waals surface area contributed by atoms with Crippen LogP contribution in [-0.2, 0) is 32.6 Å². The average Bonchev–Trinajstić information content (AvgIpc) is 3.06. The fourth-order valence-electron chi connectivity index (χ4n) is 5.03. The predicted octanol–water partition coefficient (Wildman–Crippen LogP) is 6.65. The maximum absolute atomic E-state index is 14.6. The van der Waals surface area contributed by atoms with Gasteiger partial charge in [0.1, 0.15) is 18.3 Å². The molecule has 10 heteroatoms. The Labute approximate surface area is 283 Å². The molecule has 0 aliphatic rings. The number of aryl methyl sites for hydroxylation is 1. The fourth-order valence-corrected chi connectivity index (χ4v) is 6.64. The lowest BCUT2D eigenvalue weighted by molar-refractivity contribution is -0.140. The molecule has 1 N–H and O–H groups in total. The third kappa shape index (κ3) is 9.59. The van der Waals surface area contributed by atoms with Gasteiger partial charge in [-0.2, -0.15) is 0 Å². The van der Waals surface area contributed by atoms with Gasteiger partial charge in [-0.1, -0.05) is 91.7 Å². The maximum atomic E-state index is 14.6. The van der Waals surface area contributed by atoms with Crippen LogP contribution in [0.5, 0.6) is 5.75 Å². The zero-order valence-electron chi connectivity index (χ0n) is 27.2. The van der Waals surface area contributed by atoms with Crippen LogP contribution in [0, 0.1) is 12.8 Å². The molecule has 0 aliphatic heterocycles. The lowest BCUT2D eigenvalue weighted by atomic mass is 10.0. The number of halogens is 1.